The molecule has 0 aliphatic rings. The van der Waals surface area contributed by atoms with E-state index in [0.717, 1.165) is 5.56 Å². The van der Waals surface area contributed by atoms with E-state index in [0.29, 0.717) is 25.1 Å². The standard InChI is InChI=1S/C10H9NO2/c11-7-10-4-2-1-3-9(10)5-6-13-8-12/h1-4,8H,5-6H2. The van der Waals surface area contributed by atoms with E-state index in [1.54, 1.807) is 6.07 Å². The molecule has 0 spiro atoms. The smallest absolute Gasteiger partial charge is 0.293 e. The number of hydrogen-bond donors (Lipinski definition) is 0. The van der Waals surface area contributed by atoms with Crippen LogP contribution in [0.25, 0.3) is 0 Å². The van der Waals surface area contributed by atoms with Gasteiger partial charge in [-0.1, -0.05) is 18.2 Å². The Morgan fingerprint density at radius 1 is 1.46 bits per heavy atom. The fraction of sp³-hybridized carbons (Fsp3) is 0.200. The Balaban J connectivity index is 2.65. The number of rotatable bonds is 4. The predicted octanol–water partition coefficient (Wildman–Crippen LogP) is 1.27. The summed E-state index contributed by atoms with van der Waals surface area (Å²) in [7, 11) is 0. The number of benzene rings is 1. The van der Waals surface area contributed by atoms with E-state index in [1.807, 2.05) is 18.2 Å². The largest absolute Gasteiger partial charge is 0.468 e. The summed E-state index contributed by atoms with van der Waals surface area (Å²) in [5, 5.41) is 8.71. The van der Waals surface area contributed by atoms with Crippen molar-refractivity contribution in [3.8, 4) is 6.07 Å². The number of ether oxygens (including phenoxy) is 1. The van der Waals surface area contributed by atoms with E-state index in [2.05, 4.69) is 10.8 Å². The first-order valence-corrected chi connectivity index (χ1v) is 3.91. The summed E-state index contributed by atoms with van der Waals surface area (Å²) in [5.41, 5.74) is 1.55. The van der Waals surface area contributed by atoms with Gasteiger partial charge in [0.05, 0.1) is 18.2 Å². The van der Waals surface area contributed by atoms with Crippen LogP contribution in [0.4, 0.5) is 0 Å². The Labute approximate surface area is 76.6 Å². The maximum Gasteiger partial charge on any atom is 0.293 e. The Kier molecular flexibility index (Phi) is 3.52. The first-order chi connectivity index (χ1) is 6.38. The fourth-order valence-electron chi connectivity index (χ4n) is 1.06. The average Bonchev–Trinajstić information content (AvgIpc) is 2.19. The molecule has 0 heterocycles. The van der Waals surface area contributed by atoms with Crippen LogP contribution in [-0.4, -0.2) is 13.1 Å². The van der Waals surface area contributed by atoms with Gasteiger partial charge in [0.15, 0.2) is 0 Å². The van der Waals surface area contributed by atoms with E-state index >= 15 is 0 Å². The Bertz CT molecular complexity index is 328. The molecule has 3 nitrogen and oxygen atoms in total. The number of hydrogen-bond acceptors (Lipinski definition) is 3. The van der Waals surface area contributed by atoms with Crippen LogP contribution in [0.5, 0.6) is 0 Å². The van der Waals surface area contributed by atoms with Gasteiger partial charge in [0.2, 0.25) is 0 Å². The zero-order chi connectivity index (χ0) is 9.52. The molecule has 0 amide bonds. The van der Waals surface area contributed by atoms with E-state index in [9.17, 15) is 4.79 Å². The van der Waals surface area contributed by atoms with Crippen molar-refractivity contribution in [2.24, 2.45) is 0 Å². The van der Waals surface area contributed by atoms with Gasteiger partial charge in [0.25, 0.3) is 6.47 Å². The molecule has 0 saturated heterocycles. The van der Waals surface area contributed by atoms with Gasteiger partial charge in [-0.3, -0.25) is 4.79 Å². The van der Waals surface area contributed by atoms with E-state index in [-0.39, 0.29) is 0 Å². The van der Waals surface area contributed by atoms with E-state index in [4.69, 9.17) is 5.26 Å². The highest BCUT2D eigenvalue weighted by molar-refractivity contribution is 5.39. The molecule has 0 aliphatic heterocycles. The third-order valence-corrected chi connectivity index (χ3v) is 1.70. The van der Waals surface area contributed by atoms with Crippen LogP contribution in [0, 0.1) is 11.3 Å². The van der Waals surface area contributed by atoms with Crippen LogP contribution in [-0.2, 0) is 16.0 Å². The van der Waals surface area contributed by atoms with Crippen molar-refractivity contribution < 1.29 is 9.53 Å². The first kappa shape index (κ1) is 9.27. The molecule has 0 saturated carbocycles. The predicted molar refractivity (Wildman–Crippen MR) is 46.9 cm³/mol. The summed E-state index contributed by atoms with van der Waals surface area (Å²) in [6.45, 7) is 0.733. The van der Waals surface area contributed by atoms with Crippen LogP contribution in [0.1, 0.15) is 11.1 Å². The highest BCUT2D eigenvalue weighted by atomic mass is 16.5. The zero-order valence-electron chi connectivity index (χ0n) is 7.06. The number of carbonyl (C=O) groups excluding carboxylic acids is 1. The lowest BCUT2D eigenvalue weighted by atomic mass is 10.1. The van der Waals surface area contributed by atoms with Crippen molar-refractivity contribution in [3.63, 3.8) is 0 Å². The van der Waals surface area contributed by atoms with Crippen LogP contribution < -0.4 is 0 Å². The summed E-state index contributed by atoms with van der Waals surface area (Å²) >= 11 is 0. The molecule has 1 aromatic carbocycles. The molecule has 0 bridgehead atoms. The minimum absolute atomic E-state index is 0.322. The normalized spacial score (nSPS) is 8.85. The Morgan fingerprint density at radius 3 is 2.92 bits per heavy atom. The lowest BCUT2D eigenvalue weighted by Crippen LogP contribution is -1.98. The molecule has 0 N–H and O–H groups in total. The van der Waals surface area contributed by atoms with Gasteiger partial charge in [-0.05, 0) is 11.6 Å². The molecule has 66 valence electrons. The van der Waals surface area contributed by atoms with Gasteiger partial charge in [-0.25, -0.2) is 0 Å². The van der Waals surface area contributed by atoms with Crippen LogP contribution in [0.2, 0.25) is 0 Å². The Hall–Kier alpha value is -1.82. The van der Waals surface area contributed by atoms with Crippen LogP contribution >= 0.6 is 0 Å². The number of carbonyl (C=O) groups is 1. The molecule has 0 fully saturated rings. The minimum Gasteiger partial charge on any atom is -0.468 e. The van der Waals surface area contributed by atoms with Crippen molar-refractivity contribution in [2.45, 2.75) is 6.42 Å². The van der Waals surface area contributed by atoms with Gasteiger partial charge in [-0.2, -0.15) is 5.26 Å². The number of nitrogens with zero attached hydrogens (tertiary/aromatic N) is 1. The lowest BCUT2D eigenvalue weighted by Gasteiger charge is -2.01. The average molecular weight is 175 g/mol. The molecule has 0 unspecified atom stereocenters. The van der Waals surface area contributed by atoms with Crippen molar-refractivity contribution in [1.82, 2.24) is 0 Å². The molecular weight excluding hydrogens is 166 g/mol. The molecule has 1 aromatic rings. The van der Waals surface area contributed by atoms with Gasteiger partial charge in [0.1, 0.15) is 0 Å². The third kappa shape index (κ3) is 2.60. The maximum atomic E-state index is 9.86. The SMILES string of the molecule is N#Cc1ccccc1CCOC=O. The van der Waals surface area contributed by atoms with Crippen molar-refractivity contribution in [1.29, 1.82) is 5.26 Å². The van der Waals surface area contributed by atoms with E-state index < -0.39 is 0 Å². The minimum atomic E-state index is 0.322. The molecule has 0 atom stereocenters. The quantitative estimate of drug-likeness (QED) is 0.511. The van der Waals surface area contributed by atoms with Crippen molar-refractivity contribution in [3.05, 3.63) is 35.4 Å². The first-order valence-electron chi connectivity index (χ1n) is 3.91. The van der Waals surface area contributed by atoms with Crippen LogP contribution in [0.15, 0.2) is 24.3 Å². The molecule has 0 aromatic heterocycles. The zero-order valence-corrected chi connectivity index (χ0v) is 7.06. The molecule has 13 heavy (non-hydrogen) atoms. The van der Waals surface area contributed by atoms with Crippen LogP contribution in [0.3, 0.4) is 0 Å². The summed E-state index contributed by atoms with van der Waals surface area (Å²) in [6, 6.07) is 9.35. The second-order valence-electron chi connectivity index (χ2n) is 2.49. The highest BCUT2D eigenvalue weighted by Crippen LogP contribution is 2.07. The van der Waals surface area contributed by atoms with Gasteiger partial charge >= 0.3 is 0 Å². The summed E-state index contributed by atoms with van der Waals surface area (Å²) in [5.74, 6) is 0. The fourth-order valence-corrected chi connectivity index (χ4v) is 1.06. The Morgan fingerprint density at radius 2 is 2.23 bits per heavy atom. The maximum absolute atomic E-state index is 9.86. The number of nitriles is 1. The second-order valence-corrected chi connectivity index (χ2v) is 2.49. The van der Waals surface area contributed by atoms with Gasteiger partial charge in [-0.15, -0.1) is 0 Å². The molecular formula is C10H9NO2. The van der Waals surface area contributed by atoms with Gasteiger partial charge in [0, 0.05) is 6.42 Å². The summed E-state index contributed by atoms with van der Waals surface area (Å²) in [6.07, 6.45) is 0.586. The van der Waals surface area contributed by atoms with Crippen molar-refractivity contribution in [2.75, 3.05) is 6.61 Å². The monoisotopic (exact) mass is 175 g/mol. The summed E-state index contributed by atoms with van der Waals surface area (Å²) < 4.78 is 4.55. The van der Waals surface area contributed by atoms with E-state index in [1.165, 1.54) is 0 Å². The van der Waals surface area contributed by atoms with Gasteiger partial charge < -0.3 is 4.74 Å². The molecule has 0 radical (unpaired) electrons. The van der Waals surface area contributed by atoms with Crippen molar-refractivity contribution >= 4 is 6.47 Å². The molecule has 1 rings (SSSR count). The topological polar surface area (TPSA) is 50.1 Å². The summed E-state index contributed by atoms with van der Waals surface area (Å²) in [4.78, 5) is 9.86. The highest BCUT2D eigenvalue weighted by Gasteiger charge is 1.99. The lowest BCUT2D eigenvalue weighted by molar-refractivity contribution is -0.128. The second kappa shape index (κ2) is 4.94. The third-order valence-electron chi connectivity index (χ3n) is 1.70. The molecule has 3 heteroatoms. The molecule has 0 aliphatic carbocycles.